The highest BCUT2D eigenvalue weighted by Crippen LogP contribution is 2.24. The molecule has 23 heavy (non-hydrogen) atoms. The van der Waals surface area contributed by atoms with Gasteiger partial charge in [0.1, 0.15) is 0 Å². The minimum atomic E-state index is 0.473. The van der Waals surface area contributed by atoms with Crippen molar-refractivity contribution in [2.75, 3.05) is 10.6 Å². The van der Waals surface area contributed by atoms with Crippen LogP contribution in [0.15, 0.2) is 48.7 Å². The minimum absolute atomic E-state index is 0.473. The molecule has 3 aromatic rings. The molecule has 2 N–H and O–H groups in total. The van der Waals surface area contributed by atoms with Crippen molar-refractivity contribution in [3.63, 3.8) is 0 Å². The van der Waals surface area contributed by atoms with Crippen molar-refractivity contribution in [1.82, 2.24) is 15.2 Å². The summed E-state index contributed by atoms with van der Waals surface area (Å²) in [4.78, 5) is 4.47. The molecule has 5 heteroatoms. The van der Waals surface area contributed by atoms with E-state index < -0.39 is 0 Å². The van der Waals surface area contributed by atoms with Gasteiger partial charge in [-0.1, -0.05) is 35.9 Å². The maximum absolute atomic E-state index is 4.47. The second-order valence-corrected chi connectivity index (χ2v) is 5.55. The zero-order valence-corrected chi connectivity index (χ0v) is 13.5. The van der Waals surface area contributed by atoms with Crippen LogP contribution in [0.5, 0.6) is 0 Å². The average Bonchev–Trinajstić information content (AvgIpc) is 2.52. The third-order valence-corrected chi connectivity index (χ3v) is 3.52. The van der Waals surface area contributed by atoms with Crippen LogP contribution in [0.1, 0.15) is 16.7 Å². The highest BCUT2D eigenvalue weighted by Gasteiger charge is 2.07. The van der Waals surface area contributed by atoms with Crippen LogP contribution in [0.4, 0.5) is 23.1 Å². The highest BCUT2D eigenvalue weighted by atomic mass is 15.3. The van der Waals surface area contributed by atoms with Crippen LogP contribution in [0.25, 0.3) is 0 Å². The summed E-state index contributed by atoms with van der Waals surface area (Å²) in [6.45, 7) is 6.23. The Hall–Kier alpha value is -2.95. The van der Waals surface area contributed by atoms with Crippen LogP contribution in [-0.2, 0) is 0 Å². The lowest BCUT2D eigenvalue weighted by molar-refractivity contribution is 0.981. The van der Waals surface area contributed by atoms with Crippen molar-refractivity contribution in [1.29, 1.82) is 0 Å². The summed E-state index contributed by atoms with van der Waals surface area (Å²) >= 11 is 0. The largest absolute Gasteiger partial charge is 0.339 e. The summed E-state index contributed by atoms with van der Waals surface area (Å²) in [5.74, 6) is 1.12. The molecule has 1 heterocycles. The Labute approximate surface area is 135 Å². The first-order valence-corrected chi connectivity index (χ1v) is 7.48. The van der Waals surface area contributed by atoms with Gasteiger partial charge in [-0.2, -0.15) is 10.1 Å². The maximum atomic E-state index is 4.47. The van der Waals surface area contributed by atoms with Gasteiger partial charge in [-0.05, 0) is 44.0 Å². The molecular formula is C18H19N5. The average molecular weight is 305 g/mol. The number of aryl methyl sites for hydroxylation is 3. The molecule has 0 radical (unpaired) electrons. The molecule has 0 fully saturated rings. The van der Waals surface area contributed by atoms with Crippen molar-refractivity contribution in [3.8, 4) is 0 Å². The number of para-hydroxylation sites is 1. The molecule has 3 rings (SSSR count). The predicted octanol–water partition coefficient (Wildman–Crippen LogP) is 4.28. The summed E-state index contributed by atoms with van der Waals surface area (Å²) in [6, 6.07) is 14.1. The van der Waals surface area contributed by atoms with Gasteiger partial charge < -0.3 is 10.6 Å². The number of anilines is 4. The predicted molar refractivity (Wildman–Crippen MR) is 93.5 cm³/mol. The van der Waals surface area contributed by atoms with Gasteiger partial charge in [0, 0.05) is 11.4 Å². The monoisotopic (exact) mass is 305 g/mol. The quantitative estimate of drug-likeness (QED) is 0.753. The van der Waals surface area contributed by atoms with Gasteiger partial charge in [-0.15, -0.1) is 5.10 Å². The third-order valence-electron chi connectivity index (χ3n) is 3.52. The van der Waals surface area contributed by atoms with E-state index in [4.69, 9.17) is 0 Å². The van der Waals surface area contributed by atoms with E-state index in [-0.39, 0.29) is 0 Å². The summed E-state index contributed by atoms with van der Waals surface area (Å²) in [6.07, 6.45) is 1.60. The van der Waals surface area contributed by atoms with E-state index in [0.29, 0.717) is 11.8 Å². The molecule has 0 aliphatic heterocycles. The maximum Gasteiger partial charge on any atom is 0.249 e. The lowest BCUT2D eigenvalue weighted by atomic mass is 10.1. The molecule has 0 unspecified atom stereocenters. The highest BCUT2D eigenvalue weighted by molar-refractivity contribution is 5.64. The number of hydrogen-bond donors (Lipinski definition) is 2. The molecule has 0 aliphatic carbocycles. The smallest absolute Gasteiger partial charge is 0.249 e. The number of rotatable bonds is 4. The molecule has 0 saturated carbocycles. The van der Waals surface area contributed by atoms with Crippen LogP contribution < -0.4 is 10.6 Å². The SMILES string of the molecule is Cc1cc(C)c(Nc2nncc(Nc3ccccc3)n2)c(C)c1. The van der Waals surface area contributed by atoms with Gasteiger partial charge in [-0.25, -0.2) is 0 Å². The first-order valence-electron chi connectivity index (χ1n) is 7.48. The topological polar surface area (TPSA) is 62.7 Å². The molecule has 0 aliphatic rings. The number of nitrogens with one attached hydrogen (secondary N) is 2. The van der Waals surface area contributed by atoms with E-state index in [2.05, 4.69) is 58.7 Å². The van der Waals surface area contributed by atoms with E-state index in [1.165, 1.54) is 5.56 Å². The van der Waals surface area contributed by atoms with Crippen LogP contribution in [0, 0.1) is 20.8 Å². The Morgan fingerprint density at radius 3 is 2.26 bits per heavy atom. The van der Waals surface area contributed by atoms with Crippen molar-refractivity contribution in [2.45, 2.75) is 20.8 Å². The normalized spacial score (nSPS) is 10.4. The van der Waals surface area contributed by atoms with Crippen LogP contribution >= 0.6 is 0 Å². The van der Waals surface area contributed by atoms with Gasteiger partial charge >= 0.3 is 0 Å². The van der Waals surface area contributed by atoms with E-state index in [1.54, 1.807) is 6.20 Å². The zero-order chi connectivity index (χ0) is 16.2. The van der Waals surface area contributed by atoms with Gasteiger partial charge in [0.2, 0.25) is 5.95 Å². The molecule has 0 spiro atoms. The lowest BCUT2D eigenvalue weighted by Crippen LogP contribution is -2.04. The molecule has 0 atom stereocenters. The molecule has 116 valence electrons. The fourth-order valence-electron chi connectivity index (χ4n) is 2.58. The fourth-order valence-corrected chi connectivity index (χ4v) is 2.58. The number of nitrogens with zero attached hydrogens (tertiary/aromatic N) is 3. The van der Waals surface area contributed by atoms with Gasteiger partial charge in [0.15, 0.2) is 5.82 Å². The van der Waals surface area contributed by atoms with Crippen molar-refractivity contribution in [2.24, 2.45) is 0 Å². The van der Waals surface area contributed by atoms with Gasteiger partial charge in [0.25, 0.3) is 0 Å². The van der Waals surface area contributed by atoms with E-state index in [1.807, 2.05) is 30.3 Å². The summed E-state index contributed by atoms with van der Waals surface area (Å²) in [5, 5.41) is 14.6. The summed E-state index contributed by atoms with van der Waals surface area (Å²) < 4.78 is 0. The molecule has 5 nitrogen and oxygen atoms in total. The van der Waals surface area contributed by atoms with Crippen LogP contribution in [0.2, 0.25) is 0 Å². The number of aromatic nitrogens is 3. The summed E-state index contributed by atoms with van der Waals surface area (Å²) in [5.41, 5.74) is 5.54. The van der Waals surface area contributed by atoms with E-state index >= 15 is 0 Å². The minimum Gasteiger partial charge on any atom is -0.339 e. The molecule has 0 saturated heterocycles. The van der Waals surface area contributed by atoms with Crippen LogP contribution in [0.3, 0.4) is 0 Å². The van der Waals surface area contributed by atoms with Crippen LogP contribution in [-0.4, -0.2) is 15.2 Å². The standard InChI is InChI=1S/C18H19N5/c1-12-9-13(2)17(14(3)10-12)22-18-21-16(11-19-23-18)20-15-7-5-4-6-8-15/h4-11H,1-3H3,(H2,20,21,22,23). The second-order valence-electron chi connectivity index (χ2n) is 5.55. The number of hydrogen-bond acceptors (Lipinski definition) is 5. The van der Waals surface area contributed by atoms with Crippen molar-refractivity contribution >= 4 is 23.1 Å². The Morgan fingerprint density at radius 1 is 0.870 bits per heavy atom. The first kappa shape index (κ1) is 15.0. The molecule has 2 aromatic carbocycles. The number of benzene rings is 2. The molecule has 0 amide bonds. The van der Waals surface area contributed by atoms with Crippen molar-refractivity contribution in [3.05, 3.63) is 65.4 Å². The zero-order valence-electron chi connectivity index (χ0n) is 13.5. The fraction of sp³-hybridized carbons (Fsp3) is 0.167. The van der Waals surface area contributed by atoms with Crippen molar-refractivity contribution < 1.29 is 0 Å². The Bertz CT molecular complexity index is 792. The molecular weight excluding hydrogens is 286 g/mol. The Morgan fingerprint density at radius 2 is 1.57 bits per heavy atom. The van der Waals surface area contributed by atoms with Gasteiger partial charge in [0.05, 0.1) is 6.20 Å². The Balaban J connectivity index is 1.83. The van der Waals surface area contributed by atoms with E-state index in [0.717, 1.165) is 22.5 Å². The third kappa shape index (κ3) is 3.63. The summed E-state index contributed by atoms with van der Waals surface area (Å²) in [7, 11) is 0. The molecule has 0 bridgehead atoms. The van der Waals surface area contributed by atoms with Gasteiger partial charge in [-0.3, -0.25) is 0 Å². The lowest BCUT2D eigenvalue weighted by Gasteiger charge is -2.13. The first-order chi connectivity index (χ1) is 11.1. The van der Waals surface area contributed by atoms with E-state index in [9.17, 15) is 0 Å². The second kappa shape index (κ2) is 6.44. The molecule has 1 aromatic heterocycles. The Kier molecular flexibility index (Phi) is 4.19.